The van der Waals surface area contributed by atoms with Crippen molar-refractivity contribution in [1.29, 1.82) is 0 Å². The zero-order valence-corrected chi connectivity index (χ0v) is 12.9. The largest absolute Gasteiger partial charge is 0.489 e. The van der Waals surface area contributed by atoms with E-state index in [1.54, 1.807) is 6.07 Å². The normalized spacial score (nSPS) is 13.0. The van der Waals surface area contributed by atoms with Gasteiger partial charge >= 0.3 is 0 Å². The van der Waals surface area contributed by atoms with E-state index in [2.05, 4.69) is 28.1 Å². The minimum Gasteiger partial charge on any atom is -0.489 e. The third-order valence-electron chi connectivity index (χ3n) is 3.68. The minimum atomic E-state index is -0.400. The highest BCUT2D eigenvalue weighted by molar-refractivity contribution is 9.10. The number of ether oxygens (including phenoxy) is 1. The Kier molecular flexibility index (Phi) is 3.92. The molecule has 1 aliphatic carbocycles. The number of nitro benzene ring substituents is 1. The van der Waals surface area contributed by atoms with Gasteiger partial charge in [0.1, 0.15) is 12.4 Å². The summed E-state index contributed by atoms with van der Waals surface area (Å²) < 4.78 is 6.23. The molecule has 0 spiro atoms. The SMILES string of the molecule is O=[N+]([O-])c1cc(COc2ccc3c(c2)CCC3)ccc1Br. The van der Waals surface area contributed by atoms with E-state index in [9.17, 15) is 10.1 Å². The van der Waals surface area contributed by atoms with Gasteiger partial charge in [0.15, 0.2) is 0 Å². The number of halogens is 1. The molecule has 3 rings (SSSR count). The zero-order valence-electron chi connectivity index (χ0n) is 11.3. The zero-order chi connectivity index (χ0) is 14.8. The van der Waals surface area contributed by atoms with Gasteiger partial charge in [-0.2, -0.15) is 0 Å². The predicted octanol–water partition coefficient (Wildman–Crippen LogP) is 4.43. The molecule has 21 heavy (non-hydrogen) atoms. The van der Waals surface area contributed by atoms with Crippen molar-refractivity contribution in [2.45, 2.75) is 25.9 Å². The van der Waals surface area contributed by atoms with E-state index in [0.29, 0.717) is 11.1 Å². The molecule has 0 radical (unpaired) electrons. The van der Waals surface area contributed by atoms with E-state index in [4.69, 9.17) is 4.74 Å². The lowest BCUT2D eigenvalue weighted by Gasteiger charge is -2.08. The summed E-state index contributed by atoms with van der Waals surface area (Å²) in [6.45, 7) is 0.326. The van der Waals surface area contributed by atoms with Gasteiger partial charge in [-0.05, 0) is 70.1 Å². The van der Waals surface area contributed by atoms with Gasteiger partial charge in [0.25, 0.3) is 5.69 Å². The highest BCUT2D eigenvalue weighted by Crippen LogP contribution is 2.28. The molecule has 0 saturated heterocycles. The van der Waals surface area contributed by atoms with Crippen LogP contribution in [0.25, 0.3) is 0 Å². The first kappa shape index (κ1) is 14.1. The first-order valence-electron chi connectivity index (χ1n) is 6.81. The summed E-state index contributed by atoms with van der Waals surface area (Å²) in [6, 6.07) is 11.2. The maximum atomic E-state index is 10.9. The van der Waals surface area contributed by atoms with Crippen molar-refractivity contribution < 1.29 is 9.66 Å². The molecule has 2 aromatic rings. The van der Waals surface area contributed by atoms with Gasteiger partial charge in [0.05, 0.1) is 9.40 Å². The number of fused-ring (bicyclic) bond motifs is 1. The van der Waals surface area contributed by atoms with E-state index in [0.717, 1.165) is 24.2 Å². The van der Waals surface area contributed by atoms with E-state index < -0.39 is 4.92 Å². The van der Waals surface area contributed by atoms with Crippen molar-refractivity contribution in [3.05, 3.63) is 67.7 Å². The number of hydrogen-bond acceptors (Lipinski definition) is 3. The second-order valence-electron chi connectivity index (χ2n) is 5.12. The molecule has 0 unspecified atom stereocenters. The number of hydrogen-bond donors (Lipinski definition) is 0. The van der Waals surface area contributed by atoms with Gasteiger partial charge in [0.2, 0.25) is 0 Å². The van der Waals surface area contributed by atoms with E-state index in [-0.39, 0.29) is 5.69 Å². The Hall–Kier alpha value is -1.88. The molecule has 0 bridgehead atoms. The second-order valence-corrected chi connectivity index (χ2v) is 5.97. The Bertz CT molecular complexity index is 700. The summed E-state index contributed by atoms with van der Waals surface area (Å²) >= 11 is 3.18. The highest BCUT2D eigenvalue weighted by atomic mass is 79.9. The van der Waals surface area contributed by atoms with Gasteiger partial charge in [-0.3, -0.25) is 10.1 Å². The first-order valence-corrected chi connectivity index (χ1v) is 7.60. The first-order chi connectivity index (χ1) is 10.1. The summed E-state index contributed by atoms with van der Waals surface area (Å²) in [4.78, 5) is 10.5. The van der Waals surface area contributed by atoms with Crippen molar-refractivity contribution in [3.8, 4) is 5.75 Å². The molecule has 0 fully saturated rings. The van der Waals surface area contributed by atoms with Crippen LogP contribution in [-0.2, 0) is 19.4 Å². The minimum absolute atomic E-state index is 0.0602. The lowest BCUT2D eigenvalue weighted by Crippen LogP contribution is -1.98. The van der Waals surface area contributed by atoms with E-state index >= 15 is 0 Å². The lowest BCUT2D eigenvalue weighted by molar-refractivity contribution is -0.385. The van der Waals surface area contributed by atoms with Crippen LogP contribution in [0.4, 0.5) is 5.69 Å². The Balaban J connectivity index is 1.73. The molecular weight excluding hydrogens is 334 g/mol. The average Bonchev–Trinajstić information content (AvgIpc) is 2.93. The van der Waals surface area contributed by atoms with Crippen LogP contribution in [0.15, 0.2) is 40.9 Å². The van der Waals surface area contributed by atoms with Crippen LogP contribution in [0.2, 0.25) is 0 Å². The predicted molar refractivity (Wildman–Crippen MR) is 83.6 cm³/mol. The highest BCUT2D eigenvalue weighted by Gasteiger charge is 2.13. The molecular formula is C16H14BrNO3. The summed E-state index contributed by atoms with van der Waals surface area (Å²) in [5.41, 5.74) is 3.60. The molecule has 2 aromatic carbocycles. The van der Waals surface area contributed by atoms with Gasteiger partial charge < -0.3 is 4.74 Å². The van der Waals surface area contributed by atoms with Crippen LogP contribution in [0.1, 0.15) is 23.1 Å². The summed E-state index contributed by atoms with van der Waals surface area (Å²) in [6.07, 6.45) is 3.46. The molecule has 5 heteroatoms. The lowest BCUT2D eigenvalue weighted by atomic mass is 10.1. The monoisotopic (exact) mass is 347 g/mol. The van der Waals surface area contributed by atoms with Crippen molar-refractivity contribution >= 4 is 21.6 Å². The van der Waals surface area contributed by atoms with Gasteiger partial charge in [-0.1, -0.05) is 12.1 Å². The molecule has 108 valence electrons. The van der Waals surface area contributed by atoms with Gasteiger partial charge in [0, 0.05) is 6.07 Å². The summed E-state index contributed by atoms with van der Waals surface area (Å²) in [5, 5.41) is 10.9. The Morgan fingerprint density at radius 3 is 2.76 bits per heavy atom. The number of nitro groups is 1. The summed E-state index contributed by atoms with van der Waals surface area (Å²) in [7, 11) is 0. The van der Waals surface area contributed by atoms with Crippen molar-refractivity contribution in [1.82, 2.24) is 0 Å². The van der Waals surface area contributed by atoms with Gasteiger partial charge in [-0.15, -0.1) is 0 Å². The molecule has 0 heterocycles. The molecule has 0 aromatic heterocycles. The number of rotatable bonds is 4. The van der Waals surface area contributed by atoms with Crippen molar-refractivity contribution in [2.75, 3.05) is 0 Å². The second kappa shape index (κ2) is 5.85. The molecule has 0 amide bonds. The maximum Gasteiger partial charge on any atom is 0.283 e. The molecule has 4 nitrogen and oxygen atoms in total. The third-order valence-corrected chi connectivity index (χ3v) is 4.35. The molecule has 0 N–H and O–H groups in total. The molecule has 1 aliphatic rings. The van der Waals surface area contributed by atoms with Crippen molar-refractivity contribution in [2.24, 2.45) is 0 Å². The molecule has 0 saturated carbocycles. The van der Waals surface area contributed by atoms with Crippen LogP contribution in [0, 0.1) is 10.1 Å². The van der Waals surface area contributed by atoms with Gasteiger partial charge in [-0.25, -0.2) is 0 Å². The van der Waals surface area contributed by atoms with Crippen molar-refractivity contribution in [3.63, 3.8) is 0 Å². The Morgan fingerprint density at radius 2 is 1.95 bits per heavy atom. The third kappa shape index (κ3) is 3.08. The van der Waals surface area contributed by atoms with Crippen LogP contribution in [0.5, 0.6) is 5.75 Å². The Labute approximate surface area is 131 Å². The standard InChI is InChI=1S/C16H14BrNO3/c17-15-7-4-11(8-16(15)18(19)20)10-21-14-6-5-12-2-1-3-13(12)9-14/h4-9H,1-3,10H2. The fourth-order valence-electron chi connectivity index (χ4n) is 2.59. The maximum absolute atomic E-state index is 10.9. The topological polar surface area (TPSA) is 52.4 Å². The fraction of sp³-hybridized carbons (Fsp3) is 0.250. The van der Waals surface area contributed by atoms with Crippen LogP contribution < -0.4 is 4.74 Å². The van der Waals surface area contributed by atoms with Crippen LogP contribution >= 0.6 is 15.9 Å². The number of nitrogens with zero attached hydrogens (tertiary/aromatic N) is 1. The number of aryl methyl sites for hydroxylation is 2. The number of benzene rings is 2. The molecule has 0 aliphatic heterocycles. The summed E-state index contributed by atoms with van der Waals surface area (Å²) in [5.74, 6) is 0.821. The van der Waals surface area contributed by atoms with Crippen LogP contribution in [-0.4, -0.2) is 4.92 Å². The molecule has 0 atom stereocenters. The quantitative estimate of drug-likeness (QED) is 0.607. The smallest absolute Gasteiger partial charge is 0.283 e. The van der Waals surface area contributed by atoms with E-state index in [1.807, 2.05) is 12.1 Å². The Morgan fingerprint density at radius 1 is 1.14 bits per heavy atom. The average molecular weight is 348 g/mol. The fourth-order valence-corrected chi connectivity index (χ4v) is 2.98. The van der Waals surface area contributed by atoms with Crippen LogP contribution in [0.3, 0.4) is 0 Å². The van der Waals surface area contributed by atoms with E-state index in [1.165, 1.54) is 23.6 Å².